The lowest BCUT2D eigenvalue weighted by molar-refractivity contribution is 0.192. The summed E-state index contributed by atoms with van der Waals surface area (Å²) in [6.07, 6.45) is 2.65. The number of aliphatic imine (C=N–C) groups is 1. The van der Waals surface area contributed by atoms with Gasteiger partial charge in [0.1, 0.15) is 5.75 Å². The summed E-state index contributed by atoms with van der Waals surface area (Å²) >= 11 is 0. The molecule has 0 radical (unpaired) electrons. The molecule has 0 aliphatic carbocycles. The van der Waals surface area contributed by atoms with Crippen LogP contribution < -0.4 is 15.4 Å². The highest BCUT2D eigenvalue weighted by molar-refractivity contribution is 5.79. The second-order valence-corrected chi connectivity index (χ2v) is 7.18. The molecule has 1 aromatic rings. The summed E-state index contributed by atoms with van der Waals surface area (Å²) in [6, 6.07) is 6.83. The molecule has 1 aromatic carbocycles. The van der Waals surface area contributed by atoms with Gasteiger partial charge in [0, 0.05) is 31.7 Å². The average molecular weight is 347 g/mol. The molecule has 0 amide bonds. The zero-order valence-corrected chi connectivity index (χ0v) is 16.4. The maximum Gasteiger partial charge on any atom is 0.191 e. The smallest absolute Gasteiger partial charge is 0.191 e. The second kappa shape index (κ2) is 9.66. The molecule has 1 saturated heterocycles. The van der Waals surface area contributed by atoms with E-state index in [-0.39, 0.29) is 0 Å². The van der Waals surface area contributed by atoms with E-state index in [2.05, 4.69) is 59.5 Å². The Morgan fingerprint density at radius 2 is 1.96 bits per heavy atom. The van der Waals surface area contributed by atoms with E-state index in [0.29, 0.717) is 18.5 Å². The SMILES string of the molecule is CN=C(NCc1ccc(C)cc1OC)NCC(C(C)C)N1CCCC1. The maximum atomic E-state index is 5.48. The Kier molecular flexibility index (Phi) is 7.56. The topological polar surface area (TPSA) is 48.9 Å². The van der Waals surface area contributed by atoms with Crippen molar-refractivity contribution in [3.05, 3.63) is 29.3 Å². The summed E-state index contributed by atoms with van der Waals surface area (Å²) in [5.74, 6) is 2.38. The quantitative estimate of drug-likeness (QED) is 0.589. The van der Waals surface area contributed by atoms with E-state index in [4.69, 9.17) is 4.74 Å². The largest absolute Gasteiger partial charge is 0.496 e. The fourth-order valence-corrected chi connectivity index (χ4v) is 3.46. The Bertz CT molecular complexity index is 565. The number of hydrogen-bond donors (Lipinski definition) is 2. The lowest BCUT2D eigenvalue weighted by Crippen LogP contribution is -2.48. The zero-order chi connectivity index (χ0) is 18.2. The Balaban J connectivity index is 1.90. The monoisotopic (exact) mass is 346 g/mol. The van der Waals surface area contributed by atoms with Gasteiger partial charge in [-0.15, -0.1) is 0 Å². The van der Waals surface area contributed by atoms with E-state index < -0.39 is 0 Å². The first-order chi connectivity index (χ1) is 12.0. The molecule has 140 valence electrons. The van der Waals surface area contributed by atoms with E-state index in [1.807, 2.05) is 7.05 Å². The molecule has 5 heteroatoms. The van der Waals surface area contributed by atoms with Crippen molar-refractivity contribution in [2.24, 2.45) is 10.9 Å². The highest BCUT2D eigenvalue weighted by Gasteiger charge is 2.24. The van der Waals surface area contributed by atoms with Gasteiger partial charge in [-0.3, -0.25) is 9.89 Å². The third-order valence-electron chi connectivity index (χ3n) is 4.97. The number of aryl methyl sites for hydroxylation is 1. The lowest BCUT2D eigenvalue weighted by Gasteiger charge is -2.31. The summed E-state index contributed by atoms with van der Waals surface area (Å²) in [6.45, 7) is 10.7. The number of benzene rings is 1. The molecular formula is C20H34N4O. The fraction of sp³-hybridized carbons (Fsp3) is 0.650. The number of hydrogen-bond acceptors (Lipinski definition) is 3. The molecule has 1 aliphatic heterocycles. The first-order valence-corrected chi connectivity index (χ1v) is 9.37. The third-order valence-corrected chi connectivity index (χ3v) is 4.97. The van der Waals surface area contributed by atoms with Crippen molar-refractivity contribution in [2.45, 2.75) is 46.2 Å². The molecule has 1 aliphatic rings. The number of guanidine groups is 1. The van der Waals surface area contributed by atoms with Gasteiger partial charge in [0.05, 0.1) is 7.11 Å². The average Bonchev–Trinajstić information content (AvgIpc) is 3.12. The molecule has 2 rings (SSSR count). The molecule has 1 fully saturated rings. The Morgan fingerprint density at radius 1 is 1.24 bits per heavy atom. The van der Waals surface area contributed by atoms with Gasteiger partial charge < -0.3 is 15.4 Å². The summed E-state index contributed by atoms with van der Waals surface area (Å²) in [5.41, 5.74) is 2.34. The number of rotatable bonds is 7. The van der Waals surface area contributed by atoms with Crippen molar-refractivity contribution in [1.29, 1.82) is 0 Å². The van der Waals surface area contributed by atoms with Crippen LogP contribution >= 0.6 is 0 Å². The lowest BCUT2D eigenvalue weighted by atomic mass is 10.0. The van der Waals surface area contributed by atoms with E-state index in [1.54, 1.807) is 7.11 Å². The summed E-state index contributed by atoms with van der Waals surface area (Å²) in [4.78, 5) is 6.97. The predicted octanol–water partition coefficient (Wildman–Crippen LogP) is 2.79. The van der Waals surface area contributed by atoms with Crippen molar-refractivity contribution in [2.75, 3.05) is 33.8 Å². The predicted molar refractivity (Wildman–Crippen MR) is 105 cm³/mol. The van der Waals surface area contributed by atoms with Gasteiger partial charge >= 0.3 is 0 Å². The summed E-state index contributed by atoms with van der Waals surface area (Å²) in [5, 5.41) is 6.91. The molecule has 1 unspecified atom stereocenters. The molecular weight excluding hydrogens is 312 g/mol. The molecule has 0 saturated carbocycles. The van der Waals surface area contributed by atoms with Gasteiger partial charge in [-0.1, -0.05) is 26.0 Å². The standard InChI is InChI=1S/C20H34N4O/c1-15(2)18(24-10-6-7-11-24)14-23-20(21-4)22-13-17-9-8-16(3)12-19(17)25-5/h8-9,12,15,18H,6-7,10-11,13-14H2,1-5H3,(H2,21,22,23). The van der Waals surface area contributed by atoms with Crippen LogP contribution in [-0.2, 0) is 6.54 Å². The number of nitrogens with one attached hydrogen (secondary N) is 2. The normalized spacial score (nSPS) is 17.0. The van der Waals surface area contributed by atoms with E-state index in [1.165, 1.54) is 31.5 Å². The molecule has 0 spiro atoms. The van der Waals surface area contributed by atoms with Gasteiger partial charge in [-0.25, -0.2) is 0 Å². The highest BCUT2D eigenvalue weighted by Crippen LogP contribution is 2.20. The number of nitrogens with zero attached hydrogens (tertiary/aromatic N) is 2. The summed E-state index contributed by atoms with van der Waals surface area (Å²) in [7, 11) is 3.54. The van der Waals surface area contributed by atoms with Crippen LogP contribution in [0, 0.1) is 12.8 Å². The highest BCUT2D eigenvalue weighted by atomic mass is 16.5. The van der Waals surface area contributed by atoms with Crippen LogP contribution in [0.5, 0.6) is 5.75 Å². The van der Waals surface area contributed by atoms with Crippen LogP contribution in [-0.4, -0.2) is 50.7 Å². The molecule has 5 nitrogen and oxygen atoms in total. The minimum Gasteiger partial charge on any atom is -0.496 e. The van der Waals surface area contributed by atoms with Crippen LogP contribution in [0.1, 0.15) is 37.8 Å². The third kappa shape index (κ3) is 5.63. The van der Waals surface area contributed by atoms with Gasteiger partial charge in [0.25, 0.3) is 0 Å². The number of ether oxygens (including phenoxy) is 1. The fourth-order valence-electron chi connectivity index (χ4n) is 3.46. The van der Waals surface area contributed by atoms with E-state index in [9.17, 15) is 0 Å². The van der Waals surface area contributed by atoms with Gasteiger partial charge in [0.15, 0.2) is 5.96 Å². The van der Waals surface area contributed by atoms with Gasteiger partial charge in [-0.2, -0.15) is 0 Å². The van der Waals surface area contributed by atoms with Crippen molar-refractivity contribution in [3.63, 3.8) is 0 Å². The van der Waals surface area contributed by atoms with Crippen molar-refractivity contribution < 1.29 is 4.74 Å². The van der Waals surface area contributed by atoms with Gasteiger partial charge in [0.2, 0.25) is 0 Å². The molecule has 2 N–H and O–H groups in total. The second-order valence-electron chi connectivity index (χ2n) is 7.18. The van der Waals surface area contributed by atoms with Crippen molar-refractivity contribution in [1.82, 2.24) is 15.5 Å². The molecule has 25 heavy (non-hydrogen) atoms. The first-order valence-electron chi connectivity index (χ1n) is 9.37. The van der Waals surface area contributed by atoms with E-state index >= 15 is 0 Å². The zero-order valence-electron chi connectivity index (χ0n) is 16.4. The minimum atomic E-state index is 0.551. The van der Waals surface area contributed by atoms with Crippen LogP contribution in [0.3, 0.4) is 0 Å². The minimum absolute atomic E-state index is 0.551. The first kappa shape index (κ1) is 19.6. The van der Waals surface area contributed by atoms with Gasteiger partial charge in [-0.05, 0) is 50.4 Å². The van der Waals surface area contributed by atoms with Crippen LogP contribution in [0.25, 0.3) is 0 Å². The molecule has 0 bridgehead atoms. The van der Waals surface area contributed by atoms with Crippen LogP contribution in [0.15, 0.2) is 23.2 Å². The maximum absolute atomic E-state index is 5.48. The number of methoxy groups -OCH3 is 1. The van der Waals surface area contributed by atoms with E-state index in [0.717, 1.165) is 23.8 Å². The Morgan fingerprint density at radius 3 is 2.56 bits per heavy atom. The number of likely N-dealkylation sites (tertiary alicyclic amines) is 1. The molecule has 1 heterocycles. The Labute approximate surface area is 152 Å². The van der Waals surface area contributed by atoms with Crippen molar-refractivity contribution >= 4 is 5.96 Å². The van der Waals surface area contributed by atoms with Crippen LogP contribution in [0.2, 0.25) is 0 Å². The van der Waals surface area contributed by atoms with Crippen molar-refractivity contribution in [3.8, 4) is 5.75 Å². The van der Waals surface area contributed by atoms with Crippen LogP contribution in [0.4, 0.5) is 0 Å². The summed E-state index contributed by atoms with van der Waals surface area (Å²) < 4.78 is 5.48. The molecule has 0 aromatic heterocycles. The Hall–Kier alpha value is -1.75. The molecule has 1 atom stereocenters.